The first kappa shape index (κ1) is 17.2. The maximum absolute atomic E-state index is 5.87. The Morgan fingerprint density at radius 3 is 2.83 bits per heavy atom. The molecule has 7 heteroatoms. The third-order valence-electron chi connectivity index (χ3n) is 2.83. The van der Waals surface area contributed by atoms with Crippen molar-refractivity contribution in [2.24, 2.45) is 5.10 Å². The maximum atomic E-state index is 5.87. The SMILES string of the molecule is CC(C)Oc1ccc(C=NNc2nc(N)cs2)cc1CN(C)C. The Balaban J connectivity index is 2.12. The van der Waals surface area contributed by atoms with Gasteiger partial charge in [0.1, 0.15) is 11.6 Å². The number of hydrazone groups is 1. The van der Waals surface area contributed by atoms with Crippen LogP contribution in [0.25, 0.3) is 0 Å². The van der Waals surface area contributed by atoms with Gasteiger partial charge in [-0.15, -0.1) is 11.3 Å². The molecule has 1 aromatic heterocycles. The normalized spacial score (nSPS) is 11.6. The molecule has 0 unspecified atom stereocenters. The molecule has 3 N–H and O–H groups in total. The number of anilines is 2. The number of hydrogen-bond donors (Lipinski definition) is 2. The van der Waals surface area contributed by atoms with Gasteiger partial charge in [0, 0.05) is 17.5 Å². The summed E-state index contributed by atoms with van der Waals surface area (Å²) in [7, 11) is 4.07. The van der Waals surface area contributed by atoms with Crippen LogP contribution in [-0.2, 0) is 6.54 Å². The summed E-state index contributed by atoms with van der Waals surface area (Å²) in [5.74, 6) is 1.41. The largest absolute Gasteiger partial charge is 0.491 e. The Hall–Kier alpha value is -2.12. The number of aromatic nitrogens is 1. The van der Waals surface area contributed by atoms with E-state index in [-0.39, 0.29) is 6.10 Å². The van der Waals surface area contributed by atoms with Crippen molar-refractivity contribution in [1.29, 1.82) is 0 Å². The van der Waals surface area contributed by atoms with Crippen molar-refractivity contribution < 1.29 is 4.74 Å². The monoisotopic (exact) mass is 333 g/mol. The fourth-order valence-electron chi connectivity index (χ4n) is 2.01. The number of benzene rings is 1. The number of nitrogen functional groups attached to an aromatic ring is 1. The lowest BCUT2D eigenvalue weighted by atomic mass is 10.1. The molecule has 0 amide bonds. The van der Waals surface area contributed by atoms with Gasteiger partial charge in [-0.05, 0) is 51.7 Å². The number of ether oxygens (including phenoxy) is 1. The van der Waals surface area contributed by atoms with E-state index < -0.39 is 0 Å². The molecular formula is C16H23N5OS. The van der Waals surface area contributed by atoms with Gasteiger partial charge in [-0.3, -0.25) is 5.43 Å². The number of nitrogens with zero attached hydrogens (tertiary/aromatic N) is 3. The standard InChI is InChI=1S/C16H23N5OS/c1-11(2)22-14-6-5-12(7-13(14)9-21(3)4)8-18-20-16-19-15(17)10-23-16/h5-8,10-11H,9,17H2,1-4H3,(H,19,20). The number of rotatable bonds is 7. The van der Waals surface area contributed by atoms with E-state index in [0.717, 1.165) is 23.4 Å². The second-order valence-corrected chi connectivity index (χ2v) is 6.58. The van der Waals surface area contributed by atoms with Gasteiger partial charge in [-0.1, -0.05) is 0 Å². The van der Waals surface area contributed by atoms with E-state index in [1.807, 2.05) is 40.1 Å². The first-order chi connectivity index (χ1) is 10.9. The Bertz CT molecular complexity index is 666. The smallest absolute Gasteiger partial charge is 0.205 e. The quantitative estimate of drug-likeness (QED) is 0.602. The summed E-state index contributed by atoms with van der Waals surface area (Å²) in [4.78, 5) is 6.20. The van der Waals surface area contributed by atoms with Gasteiger partial charge in [-0.2, -0.15) is 5.10 Å². The van der Waals surface area contributed by atoms with Crippen LogP contribution < -0.4 is 15.9 Å². The molecule has 124 valence electrons. The minimum atomic E-state index is 0.146. The van der Waals surface area contributed by atoms with Crippen LogP contribution in [0.5, 0.6) is 5.75 Å². The van der Waals surface area contributed by atoms with Crippen LogP contribution in [0.15, 0.2) is 28.7 Å². The van der Waals surface area contributed by atoms with Gasteiger partial charge in [0.05, 0.1) is 12.3 Å². The lowest BCUT2D eigenvalue weighted by Gasteiger charge is -2.17. The van der Waals surface area contributed by atoms with E-state index in [1.165, 1.54) is 11.3 Å². The molecule has 2 rings (SSSR count). The zero-order valence-electron chi connectivity index (χ0n) is 13.9. The molecule has 23 heavy (non-hydrogen) atoms. The summed E-state index contributed by atoms with van der Waals surface area (Å²) in [6, 6.07) is 6.05. The van der Waals surface area contributed by atoms with Crippen LogP contribution in [0.1, 0.15) is 25.0 Å². The Morgan fingerprint density at radius 1 is 1.43 bits per heavy atom. The lowest BCUT2D eigenvalue weighted by Crippen LogP contribution is -2.14. The fourth-order valence-corrected chi connectivity index (χ4v) is 2.56. The van der Waals surface area contributed by atoms with E-state index in [2.05, 4.69) is 26.5 Å². The van der Waals surface area contributed by atoms with Crippen molar-refractivity contribution in [2.75, 3.05) is 25.3 Å². The second kappa shape index (κ2) is 7.94. The zero-order valence-corrected chi connectivity index (χ0v) is 14.7. The molecule has 0 radical (unpaired) electrons. The van der Waals surface area contributed by atoms with E-state index in [1.54, 1.807) is 11.6 Å². The Labute approximate surface area is 141 Å². The number of nitrogens with one attached hydrogen (secondary N) is 1. The molecule has 6 nitrogen and oxygen atoms in total. The summed E-state index contributed by atoms with van der Waals surface area (Å²) in [6.07, 6.45) is 1.91. The summed E-state index contributed by atoms with van der Waals surface area (Å²) in [5, 5.41) is 6.64. The molecule has 0 aliphatic heterocycles. The fraction of sp³-hybridized carbons (Fsp3) is 0.375. The average molecular weight is 333 g/mol. The molecule has 0 saturated heterocycles. The summed E-state index contributed by atoms with van der Waals surface area (Å²) >= 11 is 1.42. The first-order valence-corrected chi connectivity index (χ1v) is 8.26. The van der Waals surface area contributed by atoms with Crippen LogP contribution in [-0.4, -0.2) is 36.3 Å². The molecule has 1 heterocycles. The van der Waals surface area contributed by atoms with Gasteiger partial charge < -0.3 is 15.4 Å². The van der Waals surface area contributed by atoms with E-state index in [0.29, 0.717) is 10.9 Å². The van der Waals surface area contributed by atoms with E-state index >= 15 is 0 Å². The van der Waals surface area contributed by atoms with Crippen LogP contribution in [0.2, 0.25) is 0 Å². The molecule has 1 aromatic carbocycles. The first-order valence-electron chi connectivity index (χ1n) is 7.38. The third-order valence-corrected chi connectivity index (χ3v) is 3.59. The molecule has 0 bridgehead atoms. The molecule has 0 spiro atoms. The van der Waals surface area contributed by atoms with Gasteiger partial charge in [0.15, 0.2) is 0 Å². The summed E-state index contributed by atoms with van der Waals surface area (Å²) < 4.78 is 5.87. The average Bonchev–Trinajstić information content (AvgIpc) is 2.86. The van der Waals surface area contributed by atoms with Gasteiger partial charge in [0.25, 0.3) is 0 Å². The topological polar surface area (TPSA) is 75.8 Å². The summed E-state index contributed by atoms with van der Waals surface area (Å²) in [6.45, 7) is 4.86. The zero-order chi connectivity index (χ0) is 16.8. The van der Waals surface area contributed by atoms with Crippen molar-refractivity contribution >= 4 is 28.5 Å². The highest BCUT2D eigenvalue weighted by Crippen LogP contribution is 2.22. The maximum Gasteiger partial charge on any atom is 0.205 e. The second-order valence-electron chi connectivity index (χ2n) is 5.72. The van der Waals surface area contributed by atoms with Crippen molar-refractivity contribution in [2.45, 2.75) is 26.5 Å². The number of thiazole rings is 1. The Kier molecular flexibility index (Phi) is 5.95. The minimum absolute atomic E-state index is 0.146. The highest BCUT2D eigenvalue weighted by molar-refractivity contribution is 7.14. The van der Waals surface area contributed by atoms with Crippen molar-refractivity contribution in [3.63, 3.8) is 0 Å². The molecular weight excluding hydrogens is 310 g/mol. The molecule has 0 aliphatic carbocycles. The van der Waals surface area contributed by atoms with Crippen molar-refractivity contribution in [3.8, 4) is 5.75 Å². The highest BCUT2D eigenvalue weighted by atomic mass is 32.1. The molecule has 0 fully saturated rings. The molecule has 0 aliphatic rings. The van der Waals surface area contributed by atoms with Gasteiger partial charge in [0.2, 0.25) is 5.13 Å². The van der Waals surface area contributed by atoms with Crippen LogP contribution in [0, 0.1) is 0 Å². The lowest BCUT2D eigenvalue weighted by molar-refractivity contribution is 0.236. The van der Waals surface area contributed by atoms with Gasteiger partial charge >= 0.3 is 0 Å². The van der Waals surface area contributed by atoms with Crippen molar-refractivity contribution in [3.05, 3.63) is 34.7 Å². The van der Waals surface area contributed by atoms with E-state index in [9.17, 15) is 0 Å². The highest BCUT2D eigenvalue weighted by Gasteiger charge is 2.08. The van der Waals surface area contributed by atoms with Gasteiger partial charge in [-0.25, -0.2) is 4.98 Å². The number of hydrogen-bond acceptors (Lipinski definition) is 7. The molecule has 0 saturated carbocycles. The summed E-state index contributed by atoms with van der Waals surface area (Å²) in [5.41, 5.74) is 10.6. The van der Waals surface area contributed by atoms with E-state index in [4.69, 9.17) is 10.5 Å². The predicted molar refractivity (Wildman–Crippen MR) is 97.3 cm³/mol. The van der Waals surface area contributed by atoms with Crippen molar-refractivity contribution in [1.82, 2.24) is 9.88 Å². The van der Waals surface area contributed by atoms with Crippen LogP contribution in [0.4, 0.5) is 10.9 Å². The third kappa shape index (κ3) is 5.54. The van der Waals surface area contributed by atoms with Crippen LogP contribution >= 0.6 is 11.3 Å². The van der Waals surface area contributed by atoms with Crippen LogP contribution in [0.3, 0.4) is 0 Å². The number of nitrogens with two attached hydrogens (primary N) is 1. The molecule has 2 aromatic rings. The Morgan fingerprint density at radius 2 is 2.22 bits per heavy atom. The minimum Gasteiger partial charge on any atom is -0.491 e. The molecule has 0 atom stereocenters. The predicted octanol–water partition coefficient (Wildman–Crippen LogP) is 3.02.